The van der Waals surface area contributed by atoms with E-state index >= 15 is 0 Å². The summed E-state index contributed by atoms with van der Waals surface area (Å²) in [6.07, 6.45) is 3.66. The highest BCUT2D eigenvalue weighted by Crippen LogP contribution is 2.25. The molecular weight excluding hydrogens is 210 g/mol. The number of Topliss-reactive ketones (excluding diaryl/α,β-unsaturated/α-hetero) is 1. The van der Waals surface area contributed by atoms with Gasteiger partial charge in [0.2, 0.25) is 0 Å². The van der Waals surface area contributed by atoms with Crippen molar-refractivity contribution in [3.8, 4) is 0 Å². The molecule has 0 aromatic heterocycles. The molecule has 0 unspecified atom stereocenters. The van der Waals surface area contributed by atoms with Crippen LogP contribution in [0.3, 0.4) is 0 Å². The normalized spacial score (nSPS) is 17.0. The monoisotopic (exact) mass is 231 g/mol. The molecule has 0 saturated carbocycles. The van der Waals surface area contributed by atoms with E-state index < -0.39 is 0 Å². The number of nitrogens with one attached hydrogen (secondary N) is 1. The lowest BCUT2D eigenvalue weighted by Crippen LogP contribution is -2.26. The van der Waals surface area contributed by atoms with Gasteiger partial charge in [0.05, 0.1) is 0 Å². The van der Waals surface area contributed by atoms with Crippen LogP contribution in [0.2, 0.25) is 0 Å². The summed E-state index contributed by atoms with van der Waals surface area (Å²) in [6.45, 7) is 4.16. The van der Waals surface area contributed by atoms with Crippen LogP contribution in [0.5, 0.6) is 0 Å². The fourth-order valence-electron chi connectivity index (χ4n) is 2.46. The number of rotatable bonds is 4. The molecule has 1 fully saturated rings. The van der Waals surface area contributed by atoms with Gasteiger partial charge < -0.3 is 5.32 Å². The van der Waals surface area contributed by atoms with Crippen LogP contribution in [-0.2, 0) is 11.2 Å². The van der Waals surface area contributed by atoms with E-state index in [-0.39, 0.29) is 0 Å². The number of carbonyl (C=O) groups is 1. The first-order chi connectivity index (χ1) is 8.29. The van der Waals surface area contributed by atoms with Crippen molar-refractivity contribution in [1.82, 2.24) is 5.32 Å². The van der Waals surface area contributed by atoms with Crippen molar-refractivity contribution in [3.63, 3.8) is 0 Å². The third kappa shape index (κ3) is 3.40. The third-order valence-electron chi connectivity index (χ3n) is 3.56. The summed E-state index contributed by atoms with van der Waals surface area (Å²) >= 11 is 0. The molecular formula is C15H21NO. The van der Waals surface area contributed by atoms with E-state index in [9.17, 15) is 4.79 Å². The highest BCUT2D eigenvalue weighted by molar-refractivity contribution is 5.80. The summed E-state index contributed by atoms with van der Waals surface area (Å²) in [5.41, 5.74) is 2.58. The van der Waals surface area contributed by atoms with Gasteiger partial charge in [-0.2, -0.15) is 0 Å². The van der Waals surface area contributed by atoms with Crippen LogP contribution in [-0.4, -0.2) is 18.9 Å². The van der Waals surface area contributed by atoms with Gasteiger partial charge in [0.25, 0.3) is 0 Å². The van der Waals surface area contributed by atoms with Crippen molar-refractivity contribution in [1.29, 1.82) is 0 Å². The minimum absolute atomic E-state index is 0.326. The first-order valence-corrected chi connectivity index (χ1v) is 6.61. The van der Waals surface area contributed by atoms with E-state index in [0.717, 1.165) is 13.1 Å². The number of hydrogen-bond donors (Lipinski definition) is 1. The molecule has 1 aliphatic heterocycles. The van der Waals surface area contributed by atoms with Gasteiger partial charge >= 0.3 is 0 Å². The van der Waals surface area contributed by atoms with E-state index in [2.05, 4.69) is 29.6 Å². The Morgan fingerprint density at radius 3 is 2.82 bits per heavy atom. The van der Waals surface area contributed by atoms with Gasteiger partial charge in [-0.05, 0) is 43.0 Å². The van der Waals surface area contributed by atoms with E-state index in [1.807, 2.05) is 6.92 Å². The molecule has 0 bridgehead atoms. The van der Waals surface area contributed by atoms with Crippen LogP contribution in [0.25, 0.3) is 0 Å². The molecule has 0 aliphatic carbocycles. The van der Waals surface area contributed by atoms with Gasteiger partial charge in [-0.1, -0.05) is 31.2 Å². The number of benzene rings is 1. The predicted octanol–water partition coefficient (Wildman–Crippen LogP) is 2.68. The number of ketones is 1. The first-order valence-electron chi connectivity index (χ1n) is 6.61. The van der Waals surface area contributed by atoms with Crippen molar-refractivity contribution < 1.29 is 4.79 Å². The molecule has 92 valence electrons. The van der Waals surface area contributed by atoms with Crippen LogP contribution >= 0.6 is 0 Å². The lowest BCUT2D eigenvalue weighted by atomic mass is 9.89. The van der Waals surface area contributed by atoms with Gasteiger partial charge in [0.1, 0.15) is 5.78 Å². The second-order valence-corrected chi connectivity index (χ2v) is 4.84. The van der Waals surface area contributed by atoms with Crippen molar-refractivity contribution in [2.75, 3.05) is 13.1 Å². The molecule has 2 nitrogen and oxygen atoms in total. The Labute approximate surface area is 103 Å². The molecule has 1 aliphatic rings. The van der Waals surface area contributed by atoms with E-state index in [0.29, 0.717) is 24.5 Å². The van der Waals surface area contributed by atoms with Crippen molar-refractivity contribution >= 4 is 5.78 Å². The minimum Gasteiger partial charge on any atom is -0.317 e. The second-order valence-electron chi connectivity index (χ2n) is 4.84. The predicted molar refractivity (Wildman–Crippen MR) is 70.3 cm³/mol. The quantitative estimate of drug-likeness (QED) is 0.863. The first kappa shape index (κ1) is 12.3. The molecule has 1 heterocycles. The summed E-state index contributed by atoms with van der Waals surface area (Å²) < 4.78 is 0. The maximum absolute atomic E-state index is 11.5. The lowest BCUT2D eigenvalue weighted by molar-refractivity contribution is -0.118. The SMILES string of the molecule is CCC(=O)Cc1cccc(C2CCNCC2)c1. The summed E-state index contributed by atoms with van der Waals surface area (Å²) in [5, 5.41) is 3.39. The second kappa shape index (κ2) is 5.97. The van der Waals surface area contributed by atoms with Gasteiger partial charge in [-0.15, -0.1) is 0 Å². The molecule has 0 amide bonds. The Kier molecular flexibility index (Phi) is 4.32. The molecule has 1 saturated heterocycles. The van der Waals surface area contributed by atoms with Crippen molar-refractivity contribution in [2.24, 2.45) is 0 Å². The summed E-state index contributed by atoms with van der Waals surface area (Å²) in [7, 11) is 0. The van der Waals surface area contributed by atoms with Crippen LogP contribution in [0.15, 0.2) is 24.3 Å². The number of carbonyl (C=O) groups excluding carboxylic acids is 1. The summed E-state index contributed by atoms with van der Waals surface area (Å²) in [4.78, 5) is 11.5. The van der Waals surface area contributed by atoms with Gasteiger partial charge in [-0.3, -0.25) is 4.79 Å². The van der Waals surface area contributed by atoms with Crippen LogP contribution in [0, 0.1) is 0 Å². The van der Waals surface area contributed by atoms with E-state index in [4.69, 9.17) is 0 Å². The number of hydrogen-bond acceptors (Lipinski definition) is 2. The van der Waals surface area contributed by atoms with Crippen molar-refractivity contribution in [2.45, 2.75) is 38.5 Å². The third-order valence-corrected chi connectivity index (χ3v) is 3.56. The molecule has 0 atom stereocenters. The molecule has 0 spiro atoms. The van der Waals surface area contributed by atoms with Crippen molar-refractivity contribution in [3.05, 3.63) is 35.4 Å². The Morgan fingerprint density at radius 2 is 2.12 bits per heavy atom. The minimum atomic E-state index is 0.326. The topological polar surface area (TPSA) is 29.1 Å². The molecule has 17 heavy (non-hydrogen) atoms. The van der Waals surface area contributed by atoms with Crippen LogP contribution in [0.1, 0.15) is 43.2 Å². The van der Waals surface area contributed by atoms with Crippen LogP contribution in [0.4, 0.5) is 0 Å². The highest BCUT2D eigenvalue weighted by atomic mass is 16.1. The molecule has 2 heteroatoms. The average Bonchev–Trinajstić information content (AvgIpc) is 2.40. The highest BCUT2D eigenvalue weighted by Gasteiger charge is 2.15. The summed E-state index contributed by atoms with van der Waals surface area (Å²) in [5.74, 6) is 1.00. The Hall–Kier alpha value is -1.15. The fraction of sp³-hybridized carbons (Fsp3) is 0.533. The molecule has 1 N–H and O–H groups in total. The van der Waals surface area contributed by atoms with Gasteiger partial charge in [0.15, 0.2) is 0 Å². The Morgan fingerprint density at radius 1 is 1.35 bits per heavy atom. The molecule has 0 radical (unpaired) electrons. The lowest BCUT2D eigenvalue weighted by Gasteiger charge is -2.23. The zero-order valence-electron chi connectivity index (χ0n) is 10.5. The van der Waals surface area contributed by atoms with Gasteiger partial charge in [0, 0.05) is 12.8 Å². The Balaban J connectivity index is 2.07. The largest absolute Gasteiger partial charge is 0.317 e. The van der Waals surface area contributed by atoms with E-state index in [1.165, 1.54) is 24.0 Å². The maximum atomic E-state index is 11.5. The molecule has 1 aromatic carbocycles. The fourth-order valence-corrected chi connectivity index (χ4v) is 2.46. The smallest absolute Gasteiger partial charge is 0.136 e. The number of piperidine rings is 1. The zero-order valence-corrected chi connectivity index (χ0v) is 10.5. The standard InChI is InChI=1S/C15H21NO/c1-2-15(17)11-12-4-3-5-14(10-12)13-6-8-16-9-7-13/h3-5,10,13,16H,2,6-9,11H2,1H3. The maximum Gasteiger partial charge on any atom is 0.136 e. The zero-order chi connectivity index (χ0) is 12.1. The van der Waals surface area contributed by atoms with Crippen LogP contribution < -0.4 is 5.32 Å². The average molecular weight is 231 g/mol. The Bertz CT molecular complexity index is 380. The van der Waals surface area contributed by atoms with E-state index in [1.54, 1.807) is 0 Å². The molecule has 1 aromatic rings. The van der Waals surface area contributed by atoms with Gasteiger partial charge in [-0.25, -0.2) is 0 Å². The summed E-state index contributed by atoms with van der Waals surface area (Å²) in [6, 6.07) is 8.59. The molecule has 2 rings (SSSR count).